The summed E-state index contributed by atoms with van der Waals surface area (Å²) in [5, 5.41) is 3.13. The number of rotatable bonds is 5. The Bertz CT molecular complexity index is 471. The molecular formula is C17H26N2O2. The first kappa shape index (κ1) is 14.6. The third kappa shape index (κ3) is 3.49. The van der Waals surface area contributed by atoms with Crippen LogP contribution in [-0.2, 0) is 4.79 Å². The van der Waals surface area contributed by atoms with Gasteiger partial charge in [-0.1, -0.05) is 6.92 Å². The Kier molecular flexibility index (Phi) is 4.34. The summed E-state index contributed by atoms with van der Waals surface area (Å²) in [6.45, 7) is 7.62. The number of hydrogen-bond donors (Lipinski definition) is 1. The van der Waals surface area contributed by atoms with E-state index in [0.29, 0.717) is 12.0 Å². The van der Waals surface area contributed by atoms with Gasteiger partial charge in [-0.2, -0.15) is 0 Å². The molecule has 21 heavy (non-hydrogen) atoms. The Morgan fingerprint density at radius 3 is 3.14 bits per heavy atom. The average molecular weight is 290 g/mol. The standard InChI is InChI=1S/C17H26N2O2/c1-12-5-3-7-19(11-12)13(2)10-18-17(20)15-9-14(15)16-6-4-8-21-16/h4,6,8,12-15H,3,5,7,9-11H2,1-2H3,(H,18,20). The number of amides is 1. The zero-order chi connectivity index (χ0) is 14.8. The van der Waals surface area contributed by atoms with Crippen molar-refractivity contribution in [3.8, 4) is 0 Å². The summed E-state index contributed by atoms with van der Waals surface area (Å²) >= 11 is 0. The minimum atomic E-state index is 0.114. The molecule has 0 bridgehead atoms. The summed E-state index contributed by atoms with van der Waals surface area (Å²) in [4.78, 5) is 14.7. The number of furan rings is 1. The molecule has 1 aliphatic heterocycles. The van der Waals surface area contributed by atoms with Gasteiger partial charge in [-0.15, -0.1) is 0 Å². The molecule has 1 saturated heterocycles. The lowest BCUT2D eigenvalue weighted by molar-refractivity contribution is -0.122. The van der Waals surface area contributed by atoms with Gasteiger partial charge in [-0.05, 0) is 50.8 Å². The van der Waals surface area contributed by atoms with Crippen molar-refractivity contribution in [2.24, 2.45) is 11.8 Å². The topological polar surface area (TPSA) is 45.5 Å². The molecule has 3 rings (SSSR count). The highest BCUT2D eigenvalue weighted by atomic mass is 16.3. The van der Waals surface area contributed by atoms with Crippen LogP contribution in [0.15, 0.2) is 22.8 Å². The van der Waals surface area contributed by atoms with E-state index in [9.17, 15) is 4.79 Å². The SMILES string of the molecule is CC1CCCN(C(C)CNC(=O)C2CC2c2ccco2)C1. The van der Waals surface area contributed by atoms with Crippen LogP contribution in [0.3, 0.4) is 0 Å². The molecule has 4 heteroatoms. The highest BCUT2D eigenvalue weighted by Crippen LogP contribution is 2.47. The van der Waals surface area contributed by atoms with E-state index in [0.717, 1.165) is 31.2 Å². The molecule has 2 heterocycles. The lowest BCUT2D eigenvalue weighted by Gasteiger charge is -2.35. The zero-order valence-electron chi connectivity index (χ0n) is 13.0. The molecule has 2 fully saturated rings. The highest BCUT2D eigenvalue weighted by molar-refractivity contribution is 5.82. The van der Waals surface area contributed by atoms with Crippen molar-refractivity contribution in [2.75, 3.05) is 19.6 Å². The molecule has 1 saturated carbocycles. The van der Waals surface area contributed by atoms with Gasteiger partial charge in [-0.25, -0.2) is 0 Å². The van der Waals surface area contributed by atoms with Gasteiger partial charge in [0, 0.05) is 31.0 Å². The van der Waals surface area contributed by atoms with Crippen LogP contribution in [0, 0.1) is 11.8 Å². The molecule has 1 amide bonds. The number of nitrogens with zero attached hydrogens (tertiary/aromatic N) is 1. The van der Waals surface area contributed by atoms with E-state index in [-0.39, 0.29) is 11.8 Å². The quantitative estimate of drug-likeness (QED) is 0.906. The first-order valence-electron chi connectivity index (χ1n) is 8.20. The Morgan fingerprint density at radius 1 is 1.57 bits per heavy atom. The summed E-state index contributed by atoms with van der Waals surface area (Å²) < 4.78 is 5.38. The van der Waals surface area contributed by atoms with Gasteiger partial charge >= 0.3 is 0 Å². The molecule has 4 unspecified atom stereocenters. The maximum atomic E-state index is 12.2. The molecule has 116 valence electrons. The van der Waals surface area contributed by atoms with Crippen molar-refractivity contribution >= 4 is 5.91 Å². The van der Waals surface area contributed by atoms with Crippen LogP contribution in [0.2, 0.25) is 0 Å². The predicted molar refractivity (Wildman–Crippen MR) is 82.0 cm³/mol. The molecule has 1 aromatic rings. The Labute approximate surface area is 126 Å². The van der Waals surface area contributed by atoms with Gasteiger partial charge in [0.05, 0.1) is 6.26 Å². The fourth-order valence-electron chi connectivity index (χ4n) is 3.44. The van der Waals surface area contributed by atoms with Crippen LogP contribution >= 0.6 is 0 Å². The van der Waals surface area contributed by atoms with Gasteiger partial charge in [0.1, 0.15) is 5.76 Å². The van der Waals surface area contributed by atoms with E-state index >= 15 is 0 Å². The van der Waals surface area contributed by atoms with Crippen LogP contribution in [0.25, 0.3) is 0 Å². The molecule has 2 aliphatic rings. The summed E-state index contributed by atoms with van der Waals surface area (Å²) in [5.41, 5.74) is 0. The molecule has 0 aromatic carbocycles. The summed E-state index contributed by atoms with van der Waals surface area (Å²) in [7, 11) is 0. The summed E-state index contributed by atoms with van der Waals surface area (Å²) in [6.07, 6.45) is 5.22. The normalized spacial score (nSPS) is 30.9. The monoisotopic (exact) mass is 290 g/mol. The molecule has 1 aromatic heterocycles. The minimum Gasteiger partial charge on any atom is -0.469 e. The third-order valence-corrected chi connectivity index (χ3v) is 4.92. The van der Waals surface area contributed by atoms with Crippen molar-refractivity contribution in [1.82, 2.24) is 10.2 Å². The Balaban J connectivity index is 1.42. The molecule has 1 N–H and O–H groups in total. The van der Waals surface area contributed by atoms with E-state index in [1.54, 1.807) is 6.26 Å². The molecule has 4 nitrogen and oxygen atoms in total. The third-order valence-electron chi connectivity index (χ3n) is 4.92. The fourth-order valence-corrected chi connectivity index (χ4v) is 3.44. The lowest BCUT2D eigenvalue weighted by Crippen LogP contribution is -2.46. The average Bonchev–Trinajstić information content (AvgIpc) is 3.10. The number of carbonyl (C=O) groups is 1. The largest absolute Gasteiger partial charge is 0.469 e. The van der Waals surface area contributed by atoms with Crippen LogP contribution in [0.1, 0.15) is 44.8 Å². The number of likely N-dealkylation sites (tertiary alicyclic amines) is 1. The van der Waals surface area contributed by atoms with E-state index < -0.39 is 0 Å². The Hall–Kier alpha value is -1.29. The highest BCUT2D eigenvalue weighted by Gasteiger charge is 2.45. The Morgan fingerprint density at radius 2 is 2.43 bits per heavy atom. The van der Waals surface area contributed by atoms with Crippen LogP contribution < -0.4 is 5.32 Å². The fraction of sp³-hybridized carbons (Fsp3) is 0.706. The minimum absolute atomic E-state index is 0.114. The number of carbonyl (C=O) groups excluding carboxylic acids is 1. The second-order valence-electron chi connectivity index (χ2n) is 6.80. The maximum absolute atomic E-state index is 12.2. The number of nitrogens with one attached hydrogen (secondary N) is 1. The molecule has 0 spiro atoms. The smallest absolute Gasteiger partial charge is 0.223 e. The van der Waals surface area contributed by atoms with E-state index in [4.69, 9.17) is 4.42 Å². The first-order valence-corrected chi connectivity index (χ1v) is 8.20. The second-order valence-corrected chi connectivity index (χ2v) is 6.80. The molecular weight excluding hydrogens is 264 g/mol. The van der Waals surface area contributed by atoms with Gasteiger partial charge in [0.15, 0.2) is 0 Å². The molecule has 0 radical (unpaired) electrons. The zero-order valence-corrected chi connectivity index (χ0v) is 13.0. The van der Waals surface area contributed by atoms with Gasteiger partial charge in [-0.3, -0.25) is 9.69 Å². The van der Waals surface area contributed by atoms with Crippen molar-refractivity contribution in [1.29, 1.82) is 0 Å². The van der Waals surface area contributed by atoms with E-state index in [1.807, 2.05) is 12.1 Å². The first-order chi connectivity index (χ1) is 10.1. The number of hydrogen-bond acceptors (Lipinski definition) is 3. The maximum Gasteiger partial charge on any atom is 0.223 e. The van der Waals surface area contributed by atoms with E-state index in [2.05, 4.69) is 24.1 Å². The van der Waals surface area contributed by atoms with Crippen molar-refractivity contribution < 1.29 is 9.21 Å². The summed E-state index contributed by atoms with van der Waals surface area (Å²) in [5.74, 6) is 2.33. The van der Waals surface area contributed by atoms with Crippen LogP contribution in [0.4, 0.5) is 0 Å². The second kappa shape index (κ2) is 6.22. The van der Waals surface area contributed by atoms with Gasteiger partial charge in [0.25, 0.3) is 0 Å². The van der Waals surface area contributed by atoms with Gasteiger partial charge < -0.3 is 9.73 Å². The van der Waals surface area contributed by atoms with Crippen LogP contribution in [0.5, 0.6) is 0 Å². The molecule has 4 atom stereocenters. The summed E-state index contributed by atoms with van der Waals surface area (Å²) in [6, 6.07) is 4.29. The van der Waals surface area contributed by atoms with Crippen molar-refractivity contribution in [3.05, 3.63) is 24.2 Å². The van der Waals surface area contributed by atoms with Crippen molar-refractivity contribution in [3.63, 3.8) is 0 Å². The number of piperidine rings is 1. The lowest BCUT2D eigenvalue weighted by atomic mass is 9.99. The van der Waals surface area contributed by atoms with Crippen LogP contribution in [-0.4, -0.2) is 36.5 Å². The van der Waals surface area contributed by atoms with E-state index in [1.165, 1.54) is 19.4 Å². The molecule has 1 aliphatic carbocycles. The predicted octanol–water partition coefficient (Wildman–Crippen LogP) is 2.62. The van der Waals surface area contributed by atoms with Crippen molar-refractivity contribution in [2.45, 2.75) is 45.1 Å². The van der Waals surface area contributed by atoms with Gasteiger partial charge in [0.2, 0.25) is 5.91 Å².